The Bertz CT molecular complexity index is 1910. The topological polar surface area (TPSA) is 139 Å². The van der Waals surface area contributed by atoms with Crippen LogP contribution < -0.4 is 4.90 Å². The summed E-state index contributed by atoms with van der Waals surface area (Å²) in [6, 6.07) is 18.7. The number of carbonyl (C=O) groups excluding carboxylic acids is 2. The van der Waals surface area contributed by atoms with E-state index in [-0.39, 0.29) is 16.4 Å². The van der Waals surface area contributed by atoms with E-state index in [4.69, 9.17) is 0 Å². The largest absolute Gasteiger partial charge is 0.503 e. The second-order valence-corrected chi connectivity index (χ2v) is 12.8. The Morgan fingerprint density at radius 3 is 2.50 bits per heavy atom. The van der Waals surface area contributed by atoms with Gasteiger partial charge in [0.2, 0.25) is 10.9 Å². The number of nitro groups is 1. The molecule has 10 nitrogen and oxygen atoms in total. The van der Waals surface area contributed by atoms with Crippen molar-refractivity contribution in [2.24, 2.45) is 0 Å². The number of anilines is 1. The number of hydrogen-bond donors (Lipinski definition) is 1. The normalized spacial score (nSPS) is 15.1. The number of amides is 1. The summed E-state index contributed by atoms with van der Waals surface area (Å²) in [5.41, 5.74) is 1.73. The molecule has 3 heterocycles. The molecule has 2 aromatic heterocycles. The molecule has 0 fully saturated rings. The monoisotopic (exact) mass is 615 g/mol. The lowest BCUT2D eigenvalue weighted by Gasteiger charge is -2.23. The number of Topliss-reactive ketones (excluding diaryl/α,β-unsaturated/α-hetero) is 1. The smallest absolute Gasteiger partial charge is 0.296 e. The van der Waals surface area contributed by atoms with Crippen molar-refractivity contribution >= 4 is 67.7 Å². The number of rotatable bonds is 8. The molecule has 0 saturated heterocycles. The van der Waals surface area contributed by atoms with Gasteiger partial charge in [0.1, 0.15) is 0 Å². The molecule has 1 aliphatic heterocycles. The van der Waals surface area contributed by atoms with Crippen molar-refractivity contribution in [2.45, 2.75) is 30.0 Å². The van der Waals surface area contributed by atoms with E-state index in [1.54, 1.807) is 13.8 Å². The first kappa shape index (κ1) is 27.7. The van der Waals surface area contributed by atoms with Gasteiger partial charge in [0.15, 0.2) is 10.1 Å². The van der Waals surface area contributed by atoms with Gasteiger partial charge >= 0.3 is 0 Å². The summed E-state index contributed by atoms with van der Waals surface area (Å²) in [4.78, 5) is 43.9. The SMILES string of the molecule is Cc1nc(C)c(C(=O)C2=C(O)C(=O)N(c3nnc(SCc4cccc5ccccc45)s3)C2c2ccc([N+](=O)[O-])cc2)s1. The Balaban J connectivity index is 1.35. The number of nitrogens with zero attached hydrogens (tertiary/aromatic N) is 5. The van der Waals surface area contributed by atoms with E-state index in [1.165, 1.54) is 52.3 Å². The van der Waals surface area contributed by atoms with Crippen molar-refractivity contribution in [1.29, 1.82) is 0 Å². The average molecular weight is 616 g/mol. The Kier molecular flexibility index (Phi) is 7.31. The minimum Gasteiger partial charge on any atom is -0.503 e. The number of aryl methyl sites for hydroxylation is 2. The highest BCUT2D eigenvalue weighted by molar-refractivity contribution is 8.00. The number of benzene rings is 3. The summed E-state index contributed by atoms with van der Waals surface area (Å²) in [6.07, 6.45) is 0. The lowest BCUT2D eigenvalue weighted by atomic mass is 9.95. The molecule has 0 bridgehead atoms. The van der Waals surface area contributed by atoms with E-state index in [1.807, 2.05) is 18.2 Å². The van der Waals surface area contributed by atoms with Gasteiger partial charge in [-0.15, -0.1) is 21.5 Å². The summed E-state index contributed by atoms with van der Waals surface area (Å²) in [5, 5.41) is 34.0. The van der Waals surface area contributed by atoms with Crippen molar-refractivity contribution in [2.75, 3.05) is 4.90 Å². The summed E-state index contributed by atoms with van der Waals surface area (Å²) < 4.78 is 0.598. The summed E-state index contributed by atoms with van der Waals surface area (Å²) in [6.45, 7) is 3.45. The van der Waals surface area contributed by atoms with Gasteiger partial charge < -0.3 is 5.11 Å². The molecule has 0 aliphatic carbocycles. The molecule has 0 saturated carbocycles. The van der Waals surface area contributed by atoms with Crippen LogP contribution >= 0.6 is 34.4 Å². The van der Waals surface area contributed by atoms with Crippen LogP contribution in [0.4, 0.5) is 10.8 Å². The van der Waals surface area contributed by atoms with Crippen LogP contribution in [0.3, 0.4) is 0 Å². The van der Waals surface area contributed by atoms with Crippen molar-refractivity contribution in [3.05, 3.63) is 115 Å². The molecule has 1 aliphatic rings. The van der Waals surface area contributed by atoms with Gasteiger partial charge in [0.25, 0.3) is 11.6 Å². The maximum atomic E-state index is 13.8. The van der Waals surface area contributed by atoms with Crippen molar-refractivity contribution in [1.82, 2.24) is 15.2 Å². The number of aliphatic hydroxyl groups excluding tert-OH is 1. The molecule has 5 aromatic rings. The standard InChI is InChI=1S/C29H21N5O5S3/c1-15-26(41-16(2)30-15)24(35)22-23(18-10-12-20(13-11-18)34(38)39)33(27(37)25(22)36)28-31-32-29(42-28)40-14-19-8-5-7-17-6-3-4-9-21(17)19/h3-13,23,36H,14H2,1-2H3. The van der Waals surface area contributed by atoms with Crippen LogP contribution in [0.1, 0.15) is 37.5 Å². The molecule has 1 atom stereocenters. The van der Waals surface area contributed by atoms with Crippen LogP contribution in [-0.2, 0) is 10.5 Å². The maximum Gasteiger partial charge on any atom is 0.296 e. The number of fused-ring (bicyclic) bond motifs is 1. The molecule has 1 amide bonds. The molecule has 210 valence electrons. The summed E-state index contributed by atoms with van der Waals surface area (Å²) in [7, 11) is 0. The van der Waals surface area contributed by atoms with Crippen molar-refractivity contribution in [3.63, 3.8) is 0 Å². The van der Waals surface area contributed by atoms with E-state index in [0.717, 1.165) is 27.7 Å². The number of aromatic nitrogens is 3. The molecule has 3 aromatic carbocycles. The number of ketones is 1. The number of hydrogen-bond acceptors (Lipinski definition) is 11. The fourth-order valence-electron chi connectivity index (χ4n) is 4.91. The summed E-state index contributed by atoms with van der Waals surface area (Å²) in [5.74, 6) is -1.42. The molecule has 6 rings (SSSR count). The van der Waals surface area contributed by atoms with Gasteiger partial charge in [-0.25, -0.2) is 4.98 Å². The lowest BCUT2D eigenvalue weighted by molar-refractivity contribution is -0.384. The van der Waals surface area contributed by atoms with Gasteiger partial charge in [-0.2, -0.15) is 0 Å². The molecule has 0 spiro atoms. The fraction of sp³-hybridized carbons (Fsp3) is 0.138. The predicted molar refractivity (Wildman–Crippen MR) is 162 cm³/mol. The van der Waals surface area contributed by atoms with Gasteiger partial charge in [-0.1, -0.05) is 65.6 Å². The average Bonchev–Trinajstić information content (AvgIpc) is 3.67. The third-order valence-corrected chi connectivity index (χ3v) is 9.99. The highest BCUT2D eigenvalue weighted by Crippen LogP contribution is 2.45. The van der Waals surface area contributed by atoms with Gasteiger partial charge in [0, 0.05) is 17.9 Å². The van der Waals surface area contributed by atoms with Crippen LogP contribution in [0.2, 0.25) is 0 Å². The Morgan fingerprint density at radius 2 is 1.79 bits per heavy atom. The Morgan fingerprint density at radius 1 is 1.05 bits per heavy atom. The molecule has 42 heavy (non-hydrogen) atoms. The minimum atomic E-state index is -1.07. The van der Waals surface area contributed by atoms with Crippen LogP contribution in [-0.4, -0.2) is 36.9 Å². The zero-order chi connectivity index (χ0) is 29.5. The van der Waals surface area contributed by atoms with Gasteiger partial charge in [-0.3, -0.25) is 24.6 Å². The van der Waals surface area contributed by atoms with Crippen LogP contribution in [0.15, 0.2) is 82.4 Å². The van der Waals surface area contributed by atoms with Gasteiger partial charge in [0.05, 0.1) is 32.1 Å². The molecule has 0 radical (unpaired) electrons. The third-order valence-electron chi connectivity index (χ3n) is 6.82. The first-order chi connectivity index (χ1) is 20.2. The van der Waals surface area contributed by atoms with E-state index in [9.17, 15) is 24.8 Å². The van der Waals surface area contributed by atoms with Crippen LogP contribution in [0, 0.1) is 24.0 Å². The zero-order valence-electron chi connectivity index (χ0n) is 22.2. The molecular weight excluding hydrogens is 595 g/mol. The number of carbonyl (C=O) groups is 2. The highest BCUT2D eigenvalue weighted by Gasteiger charge is 2.46. The highest BCUT2D eigenvalue weighted by atomic mass is 32.2. The number of aliphatic hydroxyl groups is 1. The molecule has 1 N–H and O–H groups in total. The molecule has 1 unspecified atom stereocenters. The number of thiazole rings is 1. The number of non-ortho nitro benzene ring substituents is 1. The zero-order valence-corrected chi connectivity index (χ0v) is 24.6. The van der Waals surface area contributed by atoms with Gasteiger partial charge in [-0.05, 0) is 47.9 Å². The molecular formula is C29H21N5O5S3. The van der Waals surface area contributed by atoms with Crippen molar-refractivity contribution < 1.29 is 19.6 Å². The maximum absolute atomic E-state index is 13.8. The second kappa shape index (κ2) is 11.1. The fourth-order valence-corrected chi connectivity index (χ4v) is 7.65. The van der Waals surface area contributed by atoms with Crippen LogP contribution in [0.5, 0.6) is 0 Å². The number of thioether (sulfide) groups is 1. The predicted octanol–water partition coefficient (Wildman–Crippen LogP) is 6.75. The Labute approximate surface area is 251 Å². The third kappa shape index (κ3) is 4.95. The lowest BCUT2D eigenvalue weighted by Crippen LogP contribution is -2.31. The first-order valence-electron chi connectivity index (χ1n) is 12.7. The second-order valence-electron chi connectivity index (χ2n) is 9.44. The number of nitro benzene ring substituents is 1. The van der Waals surface area contributed by atoms with E-state index in [2.05, 4.69) is 39.4 Å². The minimum absolute atomic E-state index is 0.138. The first-order valence-corrected chi connectivity index (χ1v) is 15.3. The van der Waals surface area contributed by atoms with E-state index >= 15 is 0 Å². The van der Waals surface area contributed by atoms with E-state index < -0.39 is 28.4 Å². The molecule has 13 heteroatoms. The quantitative estimate of drug-likeness (QED) is 0.0660. The summed E-state index contributed by atoms with van der Waals surface area (Å²) >= 11 is 3.79. The Hall–Kier alpha value is -4.46. The van der Waals surface area contributed by atoms with Crippen LogP contribution in [0.25, 0.3) is 10.8 Å². The van der Waals surface area contributed by atoms with Crippen molar-refractivity contribution in [3.8, 4) is 0 Å². The van der Waals surface area contributed by atoms with E-state index in [0.29, 0.717) is 31.2 Å².